The van der Waals surface area contributed by atoms with Gasteiger partial charge in [0.2, 0.25) is 15.9 Å². The van der Waals surface area contributed by atoms with Crippen LogP contribution in [0.1, 0.15) is 33.1 Å². The highest BCUT2D eigenvalue weighted by molar-refractivity contribution is 7.89. The molecule has 1 aliphatic rings. The second kappa shape index (κ2) is 8.38. The Kier molecular flexibility index (Phi) is 6.71. The maximum absolute atomic E-state index is 12.8. The second-order valence-corrected chi connectivity index (χ2v) is 8.64. The zero-order chi connectivity index (χ0) is 18.6. The SMILES string of the molecule is CC[C@@H](C)NC(=O)C1CCN(S(=O)(=O)c2ccc(OC)c(Cl)c2)CC1. The number of piperidine rings is 1. The van der Waals surface area contributed by atoms with Gasteiger partial charge in [-0.25, -0.2) is 8.42 Å². The van der Waals surface area contributed by atoms with Gasteiger partial charge < -0.3 is 10.1 Å². The van der Waals surface area contributed by atoms with E-state index in [0.717, 1.165) is 6.42 Å². The van der Waals surface area contributed by atoms with Crippen molar-refractivity contribution in [1.82, 2.24) is 9.62 Å². The number of carbonyl (C=O) groups is 1. The molecule has 0 spiro atoms. The highest BCUT2D eigenvalue weighted by atomic mass is 35.5. The molecule has 0 unspecified atom stereocenters. The fourth-order valence-corrected chi connectivity index (χ4v) is 4.60. The molecule has 140 valence electrons. The fourth-order valence-electron chi connectivity index (χ4n) is 2.78. The largest absolute Gasteiger partial charge is 0.495 e. The summed E-state index contributed by atoms with van der Waals surface area (Å²) in [4.78, 5) is 12.3. The first kappa shape index (κ1) is 20.0. The third kappa shape index (κ3) is 4.65. The molecule has 6 nitrogen and oxygen atoms in total. The molecule has 1 aromatic rings. The lowest BCUT2D eigenvalue weighted by Crippen LogP contribution is -2.44. The summed E-state index contributed by atoms with van der Waals surface area (Å²) in [6.07, 6.45) is 1.91. The lowest BCUT2D eigenvalue weighted by molar-refractivity contribution is -0.126. The molecule has 1 N–H and O–H groups in total. The molecule has 1 aliphatic heterocycles. The first-order valence-corrected chi connectivity index (χ1v) is 10.3. The van der Waals surface area contributed by atoms with Crippen LogP contribution in [0.15, 0.2) is 23.1 Å². The number of sulfonamides is 1. The average Bonchev–Trinajstić information content (AvgIpc) is 2.61. The fraction of sp³-hybridized carbons (Fsp3) is 0.588. The van der Waals surface area contributed by atoms with Gasteiger partial charge in [-0.2, -0.15) is 4.31 Å². The highest BCUT2D eigenvalue weighted by Gasteiger charge is 2.32. The zero-order valence-electron chi connectivity index (χ0n) is 14.8. The number of nitrogens with one attached hydrogen (secondary N) is 1. The Bertz CT molecular complexity index is 715. The van der Waals surface area contributed by atoms with E-state index in [0.29, 0.717) is 31.7 Å². The highest BCUT2D eigenvalue weighted by Crippen LogP contribution is 2.30. The molecule has 1 amide bonds. The van der Waals surface area contributed by atoms with Crippen molar-refractivity contribution >= 4 is 27.5 Å². The van der Waals surface area contributed by atoms with E-state index >= 15 is 0 Å². The second-order valence-electron chi connectivity index (χ2n) is 6.29. The van der Waals surface area contributed by atoms with Crippen LogP contribution in [-0.4, -0.2) is 44.9 Å². The smallest absolute Gasteiger partial charge is 0.243 e. The first-order valence-electron chi connectivity index (χ1n) is 8.43. The van der Waals surface area contributed by atoms with Crippen LogP contribution in [0.5, 0.6) is 5.75 Å². The van der Waals surface area contributed by atoms with E-state index in [9.17, 15) is 13.2 Å². The minimum Gasteiger partial charge on any atom is -0.495 e. The summed E-state index contributed by atoms with van der Waals surface area (Å²) in [6.45, 7) is 4.63. The van der Waals surface area contributed by atoms with Crippen molar-refractivity contribution in [1.29, 1.82) is 0 Å². The van der Waals surface area contributed by atoms with Crippen molar-refractivity contribution in [2.75, 3.05) is 20.2 Å². The first-order chi connectivity index (χ1) is 11.8. The quantitative estimate of drug-likeness (QED) is 0.812. The van der Waals surface area contributed by atoms with Gasteiger partial charge in [0.05, 0.1) is 17.0 Å². The van der Waals surface area contributed by atoms with Crippen LogP contribution in [0.25, 0.3) is 0 Å². The molecule has 1 heterocycles. The predicted molar refractivity (Wildman–Crippen MR) is 97.4 cm³/mol. The molecule has 0 saturated carbocycles. The van der Waals surface area contributed by atoms with Crippen LogP contribution in [0.2, 0.25) is 5.02 Å². The maximum Gasteiger partial charge on any atom is 0.243 e. The number of hydrogen-bond acceptors (Lipinski definition) is 4. The number of amides is 1. The summed E-state index contributed by atoms with van der Waals surface area (Å²) < 4.78 is 32.0. The van der Waals surface area contributed by atoms with Gasteiger partial charge in [0.1, 0.15) is 5.75 Å². The third-order valence-corrected chi connectivity index (χ3v) is 6.78. The van der Waals surface area contributed by atoms with Crippen LogP contribution >= 0.6 is 11.6 Å². The lowest BCUT2D eigenvalue weighted by Gasteiger charge is -2.31. The van der Waals surface area contributed by atoms with Gasteiger partial charge in [-0.15, -0.1) is 0 Å². The van der Waals surface area contributed by atoms with E-state index in [1.165, 1.54) is 23.5 Å². The molecule has 1 fully saturated rings. The summed E-state index contributed by atoms with van der Waals surface area (Å²) in [7, 11) is -2.15. The Hall–Kier alpha value is -1.31. The minimum atomic E-state index is -3.62. The summed E-state index contributed by atoms with van der Waals surface area (Å²) in [5, 5.41) is 3.22. The van der Waals surface area contributed by atoms with E-state index < -0.39 is 10.0 Å². The number of nitrogens with zero attached hydrogens (tertiary/aromatic N) is 1. The summed E-state index contributed by atoms with van der Waals surface area (Å²) in [5.41, 5.74) is 0. The molecule has 0 aromatic heterocycles. The van der Waals surface area contributed by atoms with Crippen molar-refractivity contribution in [2.24, 2.45) is 5.92 Å². The van der Waals surface area contributed by atoms with E-state index in [1.54, 1.807) is 6.07 Å². The van der Waals surface area contributed by atoms with Gasteiger partial charge >= 0.3 is 0 Å². The Morgan fingerprint density at radius 2 is 2.04 bits per heavy atom. The molecule has 1 saturated heterocycles. The normalized spacial score (nSPS) is 17.9. The number of methoxy groups -OCH3 is 1. The monoisotopic (exact) mass is 388 g/mol. The van der Waals surface area contributed by atoms with E-state index in [2.05, 4.69) is 5.32 Å². The summed E-state index contributed by atoms with van der Waals surface area (Å²) in [5.74, 6) is 0.305. The molecular weight excluding hydrogens is 364 g/mol. The summed E-state index contributed by atoms with van der Waals surface area (Å²) >= 11 is 6.04. The number of halogens is 1. The van der Waals surface area contributed by atoms with Crippen molar-refractivity contribution < 1.29 is 17.9 Å². The van der Waals surface area contributed by atoms with Crippen LogP contribution < -0.4 is 10.1 Å². The molecule has 1 aromatic carbocycles. The van der Waals surface area contributed by atoms with Crippen LogP contribution in [0, 0.1) is 5.92 Å². The molecule has 0 bridgehead atoms. The molecule has 1 atom stereocenters. The van der Waals surface area contributed by atoms with Crippen LogP contribution in [-0.2, 0) is 14.8 Å². The van der Waals surface area contributed by atoms with Gasteiger partial charge in [-0.3, -0.25) is 4.79 Å². The van der Waals surface area contributed by atoms with Gasteiger partial charge in [0, 0.05) is 25.0 Å². The van der Waals surface area contributed by atoms with Gasteiger partial charge in [0.15, 0.2) is 0 Å². The number of ether oxygens (including phenoxy) is 1. The molecule has 0 aliphatic carbocycles. The average molecular weight is 389 g/mol. The Labute approximate surface area is 154 Å². The predicted octanol–water partition coefficient (Wildman–Crippen LogP) is 2.66. The van der Waals surface area contributed by atoms with Gasteiger partial charge in [0.25, 0.3) is 0 Å². The van der Waals surface area contributed by atoms with Crippen molar-refractivity contribution in [2.45, 2.75) is 44.0 Å². The zero-order valence-corrected chi connectivity index (χ0v) is 16.4. The minimum absolute atomic E-state index is 0.0129. The Morgan fingerprint density at radius 1 is 1.40 bits per heavy atom. The Morgan fingerprint density at radius 3 is 2.56 bits per heavy atom. The van der Waals surface area contributed by atoms with E-state index in [4.69, 9.17) is 16.3 Å². The number of hydrogen-bond donors (Lipinski definition) is 1. The van der Waals surface area contributed by atoms with E-state index in [1.807, 2.05) is 13.8 Å². The van der Waals surface area contributed by atoms with Crippen molar-refractivity contribution in [3.8, 4) is 5.75 Å². The molecule has 0 radical (unpaired) electrons. The summed E-state index contributed by atoms with van der Waals surface area (Å²) in [6, 6.07) is 4.57. The molecule has 8 heteroatoms. The van der Waals surface area contributed by atoms with E-state index in [-0.39, 0.29) is 27.8 Å². The van der Waals surface area contributed by atoms with Crippen molar-refractivity contribution in [3.05, 3.63) is 23.2 Å². The van der Waals surface area contributed by atoms with Crippen LogP contribution in [0.3, 0.4) is 0 Å². The number of carbonyl (C=O) groups excluding carboxylic acids is 1. The Balaban J connectivity index is 2.04. The standard InChI is InChI=1S/C17H25ClN2O4S/c1-4-12(2)19-17(21)13-7-9-20(10-8-13)25(22,23)14-5-6-16(24-3)15(18)11-14/h5-6,11-13H,4,7-10H2,1-3H3,(H,19,21)/t12-/m1/s1. The lowest BCUT2D eigenvalue weighted by atomic mass is 9.97. The van der Waals surface area contributed by atoms with Crippen LogP contribution in [0.4, 0.5) is 0 Å². The number of rotatable bonds is 6. The molecular formula is C17H25ClN2O4S. The van der Waals surface area contributed by atoms with Gasteiger partial charge in [-0.05, 0) is 44.4 Å². The van der Waals surface area contributed by atoms with Gasteiger partial charge in [-0.1, -0.05) is 18.5 Å². The molecule has 2 rings (SSSR count). The third-order valence-electron chi connectivity index (χ3n) is 4.59. The number of benzene rings is 1. The molecule has 25 heavy (non-hydrogen) atoms. The van der Waals surface area contributed by atoms with Crippen molar-refractivity contribution in [3.63, 3.8) is 0 Å². The maximum atomic E-state index is 12.8. The topological polar surface area (TPSA) is 75.7 Å².